The first kappa shape index (κ1) is 11.8. The predicted octanol–water partition coefficient (Wildman–Crippen LogP) is 2.45. The first-order valence-corrected chi connectivity index (χ1v) is 6.52. The van der Waals surface area contributed by atoms with Gasteiger partial charge in [-0.1, -0.05) is 12.8 Å². The molecule has 1 aliphatic heterocycles. The van der Waals surface area contributed by atoms with Crippen LogP contribution in [-0.4, -0.2) is 13.4 Å². The van der Waals surface area contributed by atoms with Gasteiger partial charge in [0.1, 0.15) is 5.75 Å². The smallest absolute Gasteiger partial charge is 0.189 e. The van der Waals surface area contributed by atoms with E-state index in [-0.39, 0.29) is 0 Å². The molecule has 0 saturated heterocycles. The highest BCUT2D eigenvalue weighted by Gasteiger charge is 2.21. The SMILES string of the molecule is Nc1cc(COCCC2CC2)c2c(c1)COCO2. The fraction of sp³-hybridized carbons (Fsp3) is 0.571. The largest absolute Gasteiger partial charge is 0.467 e. The highest BCUT2D eigenvalue weighted by molar-refractivity contribution is 5.53. The number of rotatable bonds is 5. The van der Waals surface area contributed by atoms with E-state index in [1.165, 1.54) is 19.3 Å². The van der Waals surface area contributed by atoms with Crippen LogP contribution in [0.1, 0.15) is 30.4 Å². The zero-order valence-electron chi connectivity index (χ0n) is 10.5. The van der Waals surface area contributed by atoms with E-state index in [0.717, 1.165) is 35.1 Å². The molecule has 1 aromatic carbocycles. The Morgan fingerprint density at radius 2 is 2.22 bits per heavy atom. The van der Waals surface area contributed by atoms with Gasteiger partial charge in [-0.05, 0) is 24.5 Å². The summed E-state index contributed by atoms with van der Waals surface area (Å²) in [7, 11) is 0. The van der Waals surface area contributed by atoms with Crippen LogP contribution in [0.3, 0.4) is 0 Å². The van der Waals surface area contributed by atoms with Gasteiger partial charge in [0, 0.05) is 23.4 Å². The van der Waals surface area contributed by atoms with Gasteiger partial charge in [-0.15, -0.1) is 0 Å². The van der Waals surface area contributed by atoms with Crippen LogP contribution in [0.15, 0.2) is 12.1 Å². The van der Waals surface area contributed by atoms with Gasteiger partial charge in [-0.3, -0.25) is 0 Å². The number of nitrogen functional groups attached to an aromatic ring is 1. The molecular weight excluding hydrogens is 230 g/mol. The van der Waals surface area contributed by atoms with Crippen molar-refractivity contribution in [1.82, 2.24) is 0 Å². The number of hydrogen-bond acceptors (Lipinski definition) is 4. The van der Waals surface area contributed by atoms with Crippen molar-refractivity contribution in [3.05, 3.63) is 23.3 Å². The molecule has 0 bridgehead atoms. The van der Waals surface area contributed by atoms with Crippen molar-refractivity contribution in [3.63, 3.8) is 0 Å². The van der Waals surface area contributed by atoms with E-state index in [0.29, 0.717) is 20.0 Å². The Kier molecular flexibility index (Phi) is 3.39. The third-order valence-electron chi connectivity index (χ3n) is 3.43. The van der Waals surface area contributed by atoms with Crippen LogP contribution in [0, 0.1) is 5.92 Å². The highest BCUT2D eigenvalue weighted by atomic mass is 16.7. The molecule has 0 atom stereocenters. The van der Waals surface area contributed by atoms with E-state index in [4.69, 9.17) is 19.9 Å². The Hall–Kier alpha value is -1.26. The van der Waals surface area contributed by atoms with Crippen LogP contribution in [0.4, 0.5) is 5.69 Å². The highest BCUT2D eigenvalue weighted by Crippen LogP contribution is 2.33. The molecule has 1 aliphatic carbocycles. The van der Waals surface area contributed by atoms with E-state index in [9.17, 15) is 0 Å². The van der Waals surface area contributed by atoms with Gasteiger partial charge < -0.3 is 19.9 Å². The van der Waals surface area contributed by atoms with E-state index >= 15 is 0 Å². The molecule has 2 N–H and O–H groups in total. The van der Waals surface area contributed by atoms with Gasteiger partial charge in [-0.2, -0.15) is 0 Å². The van der Waals surface area contributed by atoms with Crippen molar-refractivity contribution in [2.24, 2.45) is 5.92 Å². The lowest BCUT2D eigenvalue weighted by molar-refractivity contribution is -0.0184. The maximum atomic E-state index is 5.88. The molecule has 4 heteroatoms. The molecule has 18 heavy (non-hydrogen) atoms. The van der Waals surface area contributed by atoms with Gasteiger partial charge in [0.25, 0.3) is 0 Å². The monoisotopic (exact) mass is 249 g/mol. The molecule has 1 fully saturated rings. The Morgan fingerprint density at radius 1 is 1.33 bits per heavy atom. The fourth-order valence-corrected chi connectivity index (χ4v) is 2.27. The molecule has 2 aliphatic rings. The van der Waals surface area contributed by atoms with Crippen molar-refractivity contribution < 1.29 is 14.2 Å². The second kappa shape index (κ2) is 5.16. The molecular formula is C14H19NO3. The molecule has 0 spiro atoms. The lowest BCUT2D eigenvalue weighted by Crippen LogP contribution is -2.14. The summed E-state index contributed by atoms with van der Waals surface area (Å²) in [5, 5.41) is 0. The van der Waals surface area contributed by atoms with Crippen LogP contribution in [-0.2, 0) is 22.7 Å². The molecule has 1 heterocycles. The summed E-state index contributed by atoms with van der Waals surface area (Å²) in [5.74, 6) is 1.80. The molecule has 3 rings (SSSR count). The minimum Gasteiger partial charge on any atom is -0.467 e. The third kappa shape index (κ3) is 2.76. The van der Waals surface area contributed by atoms with E-state index in [1.807, 2.05) is 12.1 Å². The van der Waals surface area contributed by atoms with Crippen LogP contribution < -0.4 is 10.5 Å². The van der Waals surface area contributed by atoms with Crippen LogP contribution in [0.2, 0.25) is 0 Å². The van der Waals surface area contributed by atoms with Gasteiger partial charge in [0.2, 0.25) is 0 Å². The van der Waals surface area contributed by atoms with Crippen molar-refractivity contribution in [1.29, 1.82) is 0 Å². The third-order valence-corrected chi connectivity index (χ3v) is 3.43. The number of anilines is 1. The Balaban J connectivity index is 1.63. The van der Waals surface area contributed by atoms with Gasteiger partial charge in [0.05, 0.1) is 13.2 Å². The number of fused-ring (bicyclic) bond motifs is 1. The first-order chi connectivity index (χ1) is 8.83. The Morgan fingerprint density at radius 3 is 3.06 bits per heavy atom. The first-order valence-electron chi connectivity index (χ1n) is 6.52. The van der Waals surface area contributed by atoms with Crippen LogP contribution >= 0.6 is 0 Å². The van der Waals surface area contributed by atoms with Crippen molar-refractivity contribution in [2.75, 3.05) is 19.1 Å². The van der Waals surface area contributed by atoms with Crippen LogP contribution in [0.5, 0.6) is 5.75 Å². The zero-order chi connectivity index (χ0) is 12.4. The lowest BCUT2D eigenvalue weighted by Gasteiger charge is -2.21. The summed E-state index contributed by atoms with van der Waals surface area (Å²) in [6.07, 6.45) is 3.92. The molecule has 98 valence electrons. The summed E-state index contributed by atoms with van der Waals surface area (Å²) in [4.78, 5) is 0. The van der Waals surface area contributed by atoms with Crippen LogP contribution in [0.25, 0.3) is 0 Å². The number of benzene rings is 1. The Bertz CT molecular complexity index is 429. The maximum Gasteiger partial charge on any atom is 0.189 e. The molecule has 0 unspecified atom stereocenters. The quantitative estimate of drug-likeness (QED) is 0.643. The second-order valence-corrected chi connectivity index (χ2v) is 5.06. The van der Waals surface area contributed by atoms with Gasteiger partial charge in [0.15, 0.2) is 6.79 Å². The minimum absolute atomic E-state index is 0.312. The number of nitrogens with two attached hydrogens (primary N) is 1. The van der Waals surface area contributed by atoms with E-state index in [1.54, 1.807) is 0 Å². The number of ether oxygens (including phenoxy) is 3. The molecule has 0 radical (unpaired) electrons. The van der Waals surface area contributed by atoms with E-state index < -0.39 is 0 Å². The maximum absolute atomic E-state index is 5.88. The van der Waals surface area contributed by atoms with Crippen molar-refractivity contribution in [3.8, 4) is 5.75 Å². The summed E-state index contributed by atoms with van der Waals surface area (Å²) in [5.41, 5.74) is 8.67. The lowest BCUT2D eigenvalue weighted by atomic mass is 10.1. The summed E-state index contributed by atoms with van der Waals surface area (Å²) >= 11 is 0. The number of hydrogen-bond donors (Lipinski definition) is 1. The summed E-state index contributed by atoms with van der Waals surface area (Å²) in [6.45, 7) is 2.27. The average molecular weight is 249 g/mol. The van der Waals surface area contributed by atoms with E-state index in [2.05, 4.69) is 0 Å². The molecule has 1 saturated carbocycles. The second-order valence-electron chi connectivity index (χ2n) is 5.06. The predicted molar refractivity (Wildman–Crippen MR) is 68.1 cm³/mol. The molecule has 4 nitrogen and oxygen atoms in total. The molecule has 0 amide bonds. The van der Waals surface area contributed by atoms with Crippen molar-refractivity contribution in [2.45, 2.75) is 32.5 Å². The topological polar surface area (TPSA) is 53.7 Å². The zero-order valence-corrected chi connectivity index (χ0v) is 10.5. The molecule has 1 aromatic rings. The normalized spacial score (nSPS) is 18.2. The average Bonchev–Trinajstić information content (AvgIpc) is 3.18. The minimum atomic E-state index is 0.312. The van der Waals surface area contributed by atoms with Gasteiger partial charge >= 0.3 is 0 Å². The fourth-order valence-electron chi connectivity index (χ4n) is 2.27. The van der Waals surface area contributed by atoms with Gasteiger partial charge in [-0.25, -0.2) is 0 Å². The van der Waals surface area contributed by atoms with Crippen molar-refractivity contribution >= 4 is 5.69 Å². The standard InChI is InChI=1S/C14H19NO3/c15-13-5-11(7-16-4-3-10-1-2-10)14-12(6-13)8-17-9-18-14/h5-6,10H,1-4,7-9,15H2. The molecule has 0 aromatic heterocycles. The summed E-state index contributed by atoms with van der Waals surface area (Å²) in [6, 6.07) is 3.84. The summed E-state index contributed by atoms with van der Waals surface area (Å²) < 4.78 is 16.5. The Labute approximate surface area is 107 Å².